The lowest BCUT2D eigenvalue weighted by atomic mass is 10.1. The van der Waals surface area contributed by atoms with Gasteiger partial charge in [-0.1, -0.05) is 17.2 Å². The Hall–Kier alpha value is -1.05. The van der Waals surface area contributed by atoms with Gasteiger partial charge >= 0.3 is 5.97 Å². The minimum Gasteiger partial charge on any atom is -0.459 e. The first kappa shape index (κ1) is 13.9. The molecule has 2 heteroatoms. The standard InChI is InChI=1S/C13H22O2/c1-10(2)11(3)8-6-7-9-12(4)15-13(5)14/h7,9,12H,6,8H2,1-5H3. The van der Waals surface area contributed by atoms with Gasteiger partial charge in [0.1, 0.15) is 6.10 Å². The maximum Gasteiger partial charge on any atom is 0.303 e. The second kappa shape index (κ2) is 7.27. The average Bonchev–Trinajstić information content (AvgIpc) is 2.10. The van der Waals surface area contributed by atoms with Crippen molar-refractivity contribution in [2.45, 2.75) is 53.6 Å². The van der Waals surface area contributed by atoms with E-state index in [1.807, 2.05) is 13.0 Å². The highest BCUT2D eigenvalue weighted by Crippen LogP contribution is 2.10. The van der Waals surface area contributed by atoms with E-state index in [0.717, 1.165) is 12.8 Å². The topological polar surface area (TPSA) is 26.3 Å². The van der Waals surface area contributed by atoms with Crippen LogP contribution in [0.15, 0.2) is 23.3 Å². The van der Waals surface area contributed by atoms with Crippen LogP contribution >= 0.6 is 0 Å². The van der Waals surface area contributed by atoms with Crippen molar-refractivity contribution in [1.82, 2.24) is 0 Å². The van der Waals surface area contributed by atoms with Crippen LogP contribution in [0.3, 0.4) is 0 Å². The summed E-state index contributed by atoms with van der Waals surface area (Å²) in [5, 5.41) is 0. The van der Waals surface area contributed by atoms with Crippen LogP contribution in [0.1, 0.15) is 47.5 Å². The molecule has 0 aromatic rings. The number of rotatable bonds is 5. The van der Waals surface area contributed by atoms with Crippen LogP contribution < -0.4 is 0 Å². The molecule has 0 saturated carbocycles. The zero-order valence-electron chi connectivity index (χ0n) is 10.5. The third-order valence-electron chi connectivity index (χ3n) is 2.30. The van der Waals surface area contributed by atoms with Crippen LogP contribution in [-0.4, -0.2) is 12.1 Å². The Labute approximate surface area is 93.0 Å². The van der Waals surface area contributed by atoms with Gasteiger partial charge in [-0.2, -0.15) is 0 Å². The molecule has 0 aromatic heterocycles. The van der Waals surface area contributed by atoms with Gasteiger partial charge in [0.15, 0.2) is 0 Å². The molecule has 2 nitrogen and oxygen atoms in total. The Balaban J connectivity index is 3.81. The molecule has 0 aliphatic heterocycles. The normalized spacial score (nSPS) is 12.6. The zero-order valence-corrected chi connectivity index (χ0v) is 10.5. The molecular formula is C13H22O2. The summed E-state index contributed by atoms with van der Waals surface area (Å²) >= 11 is 0. The summed E-state index contributed by atoms with van der Waals surface area (Å²) in [6.07, 6.45) is 5.96. The van der Waals surface area contributed by atoms with Crippen molar-refractivity contribution in [2.75, 3.05) is 0 Å². The Morgan fingerprint density at radius 1 is 1.27 bits per heavy atom. The molecule has 0 aromatic carbocycles. The molecule has 86 valence electrons. The number of esters is 1. The van der Waals surface area contributed by atoms with Crippen molar-refractivity contribution in [2.24, 2.45) is 0 Å². The van der Waals surface area contributed by atoms with E-state index in [9.17, 15) is 4.79 Å². The summed E-state index contributed by atoms with van der Waals surface area (Å²) in [6.45, 7) is 9.70. The first-order valence-electron chi connectivity index (χ1n) is 5.40. The molecule has 0 heterocycles. The number of hydrogen-bond acceptors (Lipinski definition) is 2. The van der Waals surface area contributed by atoms with Crippen LogP contribution in [0.25, 0.3) is 0 Å². The first-order chi connectivity index (χ1) is 6.93. The van der Waals surface area contributed by atoms with Crippen molar-refractivity contribution in [3.8, 4) is 0 Å². The van der Waals surface area contributed by atoms with E-state index < -0.39 is 0 Å². The van der Waals surface area contributed by atoms with Gasteiger partial charge in [-0.3, -0.25) is 4.79 Å². The van der Waals surface area contributed by atoms with Crippen molar-refractivity contribution in [1.29, 1.82) is 0 Å². The van der Waals surface area contributed by atoms with Crippen LogP contribution in [0, 0.1) is 0 Å². The van der Waals surface area contributed by atoms with Crippen LogP contribution in [0.2, 0.25) is 0 Å². The highest BCUT2D eigenvalue weighted by Gasteiger charge is 1.99. The van der Waals surface area contributed by atoms with Gasteiger partial charge in [0, 0.05) is 6.92 Å². The Kier molecular flexibility index (Phi) is 6.76. The van der Waals surface area contributed by atoms with Crippen molar-refractivity contribution >= 4 is 5.97 Å². The average molecular weight is 210 g/mol. The fourth-order valence-electron chi connectivity index (χ4n) is 1.14. The Morgan fingerprint density at radius 3 is 2.33 bits per heavy atom. The van der Waals surface area contributed by atoms with Crippen LogP contribution in [0.4, 0.5) is 0 Å². The van der Waals surface area contributed by atoms with Crippen LogP contribution in [0.5, 0.6) is 0 Å². The second-order valence-corrected chi connectivity index (χ2v) is 4.06. The molecule has 0 N–H and O–H groups in total. The lowest BCUT2D eigenvalue weighted by Crippen LogP contribution is -2.08. The molecule has 0 rings (SSSR count). The minimum atomic E-state index is -0.229. The maximum atomic E-state index is 10.6. The number of hydrogen-bond donors (Lipinski definition) is 0. The fraction of sp³-hybridized carbons (Fsp3) is 0.615. The Bertz CT molecular complexity index is 258. The van der Waals surface area contributed by atoms with Gasteiger partial charge in [-0.15, -0.1) is 0 Å². The highest BCUT2D eigenvalue weighted by atomic mass is 16.5. The van der Waals surface area contributed by atoms with E-state index >= 15 is 0 Å². The van der Waals surface area contributed by atoms with Gasteiger partial charge in [-0.05, 0) is 46.6 Å². The predicted molar refractivity (Wildman–Crippen MR) is 63.7 cm³/mol. The monoisotopic (exact) mass is 210 g/mol. The molecule has 0 saturated heterocycles. The molecule has 0 amide bonds. The molecular weight excluding hydrogens is 188 g/mol. The lowest BCUT2D eigenvalue weighted by molar-refractivity contribution is -0.143. The Morgan fingerprint density at radius 2 is 1.87 bits per heavy atom. The van der Waals surface area contributed by atoms with Gasteiger partial charge in [0.25, 0.3) is 0 Å². The quantitative estimate of drug-likeness (QED) is 0.511. The van der Waals surface area contributed by atoms with Crippen molar-refractivity contribution in [3.05, 3.63) is 23.3 Å². The number of ether oxygens (including phenoxy) is 1. The summed E-state index contributed by atoms with van der Waals surface area (Å²) in [5.74, 6) is -0.229. The molecule has 0 aliphatic rings. The van der Waals surface area contributed by atoms with E-state index in [-0.39, 0.29) is 12.1 Å². The summed E-state index contributed by atoms with van der Waals surface area (Å²) in [6, 6.07) is 0. The van der Waals surface area contributed by atoms with E-state index in [0.29, 0.717) is 0 Å². The summed E-state index contributed by atoms with van der Waals surface area (Å²) < 4.78 is 4.97. The molecule has 1 atom stereocenters. The largest absolute Gasteiger partial charge is 0.459 e. The van der Waals surface area contributed by atoms with E-state index in [2.05, 4.69) is 26.8 Å². The molecule has 15 heavy (non-hydrogen) atoms. The van der Waals surface area contributed by atoms with Crippen LogP contribution in [-0.2, 0) is 9.53 Å². The SMILES string of the molecule is CC(=O)OC(C)C=CCCC(C)=C(C)C. The van der Waals surface area contributed by atoms with Gasteiger partial charge in [0.2, 0.25) is 0 Å². The number of carbonyl (C=O) groups excluding carboxylic acids is 1. The minimum absolute atomic E-state index is 0.116. The van der Waals surface area contributed by atoms with Crippen molar-refractivity contribution in [3.63, 3.8) is 0 Å². The summed E-state index contributed by atoms with van der Waals surface area (Å²) in [7, 11) is 0. The molecule has 0 radical (unpaired) electrons. The molecule has 0 bridgehead atoms. The summed E-state index contributed by atoms with van der Waals surface area (Å²) in [4.78, 5) is 10.6. The van der Waals surface area contributed by atoms with E-state index in [4.69, 9.17) is 4.74 Å². The molecule has 0 fully saturated rings. The summed E-state index contributed by atoms with van der Waals surface area (Å²) in [5.41, 5.74) is 2.82. The fourth-order valence-corrected chi connectivity index (χ4v) is 1.14. The smallest absolute Gasteiger partial charge is 0.303 e. The van der Waals surface area contributed by atoms with Crippen molar-refractivity contribution < 1.29 is 9.53 Å². The van der Waals surface area contributed by atoms with E-state index in [1.54, 1.807) is 0 Å². The second-order valence-electron chi connectivity index (χ2n) is 4.06. The third-order valence-corrected chi connectivity index (χ3v) is 2.30. The first-order valence-corrected chi connectivity index (χ1v) is 5.40. The third kappa shape index (κ3) is 7.98. The predicted octanol–water partition coefficient (Wildman–Crippen LogP) is 3.63. The molecule has 1 unspecified atom stereocenters. The number of allylic oxidation sites excluding steroid dienone is 3. The zero-order chi connectivity index (χ0) is 11.8. The van der Waals surface area contributed by atoms with Gasteiger partial charge in [-0.25, -0.2) is 0 Å². The van der Waals surface area contributed by atoms with E-state index in [1.165, 1.54) is 18.1 Å². The maximum absolute atomic E-state index is 10.6. The molecule has 0 spiro atoms. The van der Waals surface area contributed by atoms with Gasteiger partial charge in [0.05, 0.1) is 0 Å². The highest BCUT2D eigenvalue weighted by molar-refractivity contribution is 5.66. The lowest BCUT2D eigenvalue weighted by Gasteiger charge is -2.06. The van der Waals surface area contributed by atoms with Gasteiger partial charge < -0.3 is 4.74 Å². The molecule has 0 aliphatic carbocycles. The number of carbonyl (C=O) groups is 1.